The summed E-state index contributed by atoms with van der Waals surface area (Å²) in [5, 5.41) is 18.4. The summed E-state index contributed by atoms with van der Waals surface area (Å²) in [5.41, 5.74) is 2.28. The minimum absolute atomic E-state index is 0.0671. The lowest BCUT2D eigenvalue weighted by molar-refractivity contribution is 0.171. The smallest absolute Gasteiger partial charge is 0.266 e. The first kappa shape index (κ1) is 16.8. The lowest BCUT2D eigenvalue weighted by Crippen LogP contribution is -2.32. The van der Waals surface area contributed by atoms with E-state index in [9.17, 15) is 9.90 Å². The van der Waals surface area contributed by atoms with Crippen LogP contribution in [0.15, 0.2) is 35.1 Å². The van der Waals surface area contributed by atoms with Crippen molar-refractivity contribution in [1.82, 2.24) is 19.3 Å². The number of rotatable bonds is 4. The zero-order chi connectivity index (χ0) is 18.3. The molecular formula is C19H23N5O2. The Hall–Kier alpha value is -2.67. The molecule has 1 aromatic carbocycles. The van der Waals surface area contributed by atoms with E-state index in [1.165, 1.54) is 4.57 Å². The molecule has 26 heavy (non-hydrogen) atoms. The predicted octanol–water partition coefficient (Wildman–Crippen LogP) is 1.58. The lowest BCUT2D eigenvalue weighted by atomic mass is 10.1. The van der Waals surface area contributed by atoms with Crippen molar-refractivity contribution in [2.24, 2.45) is 14.1 Å². The molecule has 4 rings (SSSR count). The number of aliphatic hydroxyl groups excluding tert-OH is 1. The van der Waals surface area contributed by atoms with Crippen molar-refractivity contribution < 1.29 is 5.11 Å². The predicted molar refractivity (Wildman–Crippen MR) is 100 cm³/mol. The molecule has 0 saturated heterocycles. The summed E-state index contributed by atoms with van der Waals surface area (Å²) in [6.07, 6.45) is 2.81. The molecule has 7 nitrogen and oxygen atoms in total. The second-order valence-electron chi connectivity index (χ2n) is 6.98. The molecule has 2 atom stereocenters. The first-order valence-electron chi connectivity index (χ1n) is 8.95. The Labute approximate surface area is 151 Å². The highest BCUT2D eigenvalue weighted by Gasteiger charge is 2.27. The van der Waals surface area contributed by atoms with E-state index >= 15 is 0 Å². The number of aliphatic hydroxyl groups is 1. The molecule has 3 aromatic rings. The number of fused-ring (bicyclic) bond motifs is 1. The van der Waals surface area contributed by atoms with Crippen molar-refractivity contribution in [3.8, 4) is 0 Å². The van der Waals surface area contributed by atoms with Crippen molar-refractivity contribution in [1.29, 1.82) is 0 Å². The number of nitrogens with zero attached hydrogens (tertiary/aromatic N) is 4. The summed E-state index contributed by atoms with van der Waals surface area (Å²) >= 11 is 0. The fourth-order valence-electron chi connectivity index (χ4n) is 3.67. The van der Waals surface area contributed by atoms with Crippen LogP contribution in [0.3, 0.4) is 0 Å². The normalized spacial score (nSPS) is 20.0. The van der Waals surface area contributed by atoms with Gasteiger partial charge in [0.2, 0.25) is 5.95 Å². The maximum absolute atomic E-state index is 13.0. The van der Waals surface area contributed by atoms with Crippen LogP contribution in [0, 0.1) is 0 Å². The molecule has 0 aliphatic heterocycles. The Kier molecular flexibility index (Phi) is 4.24. The van der Waals surface area contributed by atoms with E-state index in [0.717, 1.165) is 30.5 Å². The number of nitrogens with one attached hydrogen (secondary N) is 1. The maximum atomic E-state index is 13.0. The Bertz CT molecular complexity index is 993. The van der Waals surface area contributed by atoms with Crippen molar-refractivity contribution in [2.75, 3.05) is 5.32 Å². The minimum Gasteiger partial charge on any atom is -0.391 e. The monoisotopic (exact) mass is 353 g/mol. The molecule has 0 amide bonds. The summed E-state index contributed by atoms with van der Waals surface area (Å²) in [5.74, 6) is 0.475. The highest BCUT2D eigenvalue weighted by molar-refractivity contribution is 5.79. The second kappa shape index (κ2) is 6.57. The van der Waals surface area contributed by atoms with Gasteiger partial charge in [0.15, 0.2) is 5.65 Å². The van der Waals surface area contributed by atoms with Gasteiger partial charge in [-0.1, -0.05) is 30.3 Å². The topological polar surface area (TPSA) is 85.0 Å². The van der Waals surface area contributed by atoms with Gasteiger partial charge in [0.1, 0.15) is 5.39 Å². The van der Waals surface area contributed by atoms with Crippen molar-refractivity contribution in [2.45, 2.75) is 37.8 Å². The molecule has 0 radical (unpaired) electrons. The van der Waals surface area contributed by atoms with Crippen LogP contribution in [0.2, 0.25) is 0 Å². The van der Waals surface area contributed by atoms with Gasteiger partial charge in [-0.25, -0.2) is 4.68 Å². The number of aryl methyl sites for hydroxylation is 1. The maximum Gasteiger partial charge on any atom is 0.266 e. The van der Waals surface area contributed by atoms with Gasteiger partial charge in [0, 0.05) is 20.5 Å². The third kappa shape index (κ3) is 2.88. The van der Waals surface area contributed by atoms with Crippen LogP contribution < -0.4 is 10.9 Å². The molecule has 2 aromatic heterocycles. The van der Waals surface area contributed by atoms with Crippen LogP contribution in [0.1, 0.15) is 30.5 Å². The lowest BCUT2D eigenvalue weighted by Gasteiger charge is -2.18. The van der Waals surface area contributed by atoms with E-state index in [4.69, 9.17) is 0 Å². The molecule has 2 unspecified atom stereocenters. The number of anilines is 1. The highest BCUT2D eigenvalue weighted by atomic mass is 16.3. The van der Waals surface area contributed by atoms with Crippen LogP contribution in [0.5, 0.6) is 0 Å². The van der Waals surface area contributed by atoms with Gasteiger partial charge in [0.05, 0.1) is 17.8 Å². The van der Waals surface area contributed by atoms with Crippen molar-refractivity contribution >= 4 is 17.0 Å². The zero-order valence-corrected chi connectivity index (χ0v) is 15.0. The molecule has 7 heteroatoms. The van der Waals surface area contributed by atoms with Gasteiger partial charge < -0.3 is 10.4 Å². The number of hydrogen-bond acceptors (Lipinski definition) is 5. The van der Waals surface area contributed by atoms with Gasteiger partial charge in [-0.3, -0.25) is 9.36 Å². The van der Waals surface area contributed by atoms with Gasteiger partial charge >= 0.3 is 0 Å². The van der Waals surface area contributed by atoms with Crippen LogP contribution in [0.4, 0.5) is 5.95 Å². The average Bonchev–Trinajstić information content (AvgIpc) is 3.17. The molecule has 1 saturated carbocycles. The quantitative estimate of drug-likeness (QED) is 0.744. The standard InChI is InChI=1S/C19H23N5O2/c1-23-18(26)16-14(11-12-7-4-3-5-8-12)22-24(2)17(16)21-19(23)20-13-9-6-10-15(13)25/h3-5,7-8,13,15,25H,6,9-11H2,1-2H3,(H,20,21). The SMILES string of the molecule is Cn1c(NC2CCCC2O)nc2c(c(Cc3ccccc3)nn2C)c1=O. The molecule has 1 fully saturated rings. The first-order chi connectivity index (χ1) is 12.5. The third-order valence-electron chi connectivity index (χ3n) is 5.15. The van der Waals surface area contributed by atoms with Crippen molar-refractivity contribution in [3.05, 3.63) is 51.9 Å². The first-order valence-corrected chi connectivity index (χ1v) is 8.95. The van der Waals surface area contributed by atoms with Gasteiger partial charge in [-0.15, -0.1) is 0 Å². The molecular weight excluding hydrogens is 330 g/mol. The molecule has 1 aliphatic rings. The Morgan fingerprint density at radius 2 is 2.00 bits per heavy atom. The van der Waals surface area contributed by atoms with Crippen LogP contribution >= 0.6 is 0 Å². The van der Waals surface area contributed by atoms with Gasteiger partial charge in [-0.05, 0) is 24.8 Å². The molecule has 136 valence electrons. The minimum atomic E-state index is -0.400. The van der Waals surface area contributed by atoms with E-state index < -0.39 is 6.10 Å². The average molecular weight is 353 g/mol. The largest absolute Gasteiger partial charge is 0.391 e. The fraction of sp³-hybridized carbons (Fsp3) is 0.421. The molecule has 2 N–H and O–H groups in total. The van der Waals surface area contributed by atoms with E-state index in [-0.39, 0.29) is 11.6 Å². The van der Waals surface area contributed by atoms with Crippen LogP contribution in [-0.4, -0.2) is 36.6 Å². The van der Waals surface area contributed by atoms with E-state index in [0.29, 0.717) is 23.4 Å². The van der Waals surface area contributed by atoms with Gasteiger partial charge in [0.25, 0.3) is 5.56 Å². The van der Waals surface area contributed by atoms with E-state index in [2.05, 4.69) is 15.4 Å². The van der Waals surface area contributed by atoms with Crippen LogP contribution in [0.25, 0.3) is 11.0 Å². The summed E-state index contributed by atoms with van der Waals surface area (Å²) in [4.78, 5) is 17.6. The summed E-state index contributed by atoms with van der Waals surface area (Å²) < 4.78 is 3.18. The number of aromatic nitrogens is 4. The molecule has 0 spiro atoms. The van der Waals surface area contributed by atoms with E-state index in [1.54, 1.807) is 18.8 Å². The van der Waals surface area contributed by atoms with Gasteiger partial charge in [-0.2, -0.15) is 10.1 Å². The Balaban J connectivity index is 1.76. The highest BCUT2D eigenvalue weighted by Crippen LogP contribution is 2.23. The molecule has 0 bridgehead atoms. The Morgan fingerprint density at radius 3 is 2.69 bits per heavy atom. The van der Waals surface area contributed by atoms with Crippen molar-refractivity contribution in [3.63, 3.8) is 0 Å². The summed E-state index contributed by atoms with van der Waals surface area (Å²) in [7, 11) is 3.51. The molecule has 1 aliphatic carbocycles. The van der Waals surface area contributed by atoms with Crippen LogP contribution in [-0.2, 0) is 20.5 Å². The zero-order valence-electron chi connectivity index (χ0n) is 15.0. The fourth-order valence-corrected chi connectivity index (χ4v) is 3.67. The van der Waals surface area contributed by atoms with E-state index in [1.807, 2.05) is 30.3 Å². The third-order valence-corrected chi connectivity index (χ3v) is 5.15. The summed E-state index contributed by atoms with van der Waals surface area (Å²) in [6.45, 7) is 0. The Morgan fingerprint density at radius 1 is 1.23 bits per heavy atom. The summed E-state index contributed by atoms with van der Waals surface area (Å²) in [6, 6.07) is 9.90. The molecule has 2 heterocycles. The second-order valence-corrected chi connectivity index (χ2v) is 6.98. The number of benzene rings is 1. The number of hydrogen-bond donors (Lipinski definition) is 2.